The van der Waals surface area contributed by atoms with E-state index in [9.17, 15) is 4.79 Å². The summed E-state index contributed by atoms with van der Waals surface area (Å²) >= 11 is 5.00. The summed E-state index contributed by atoms with van der Waals surface area (Å²) in [5.74, 6) is 0.722. The molecule has 0 aliphatic carbocycles. The van der Waals surface area contributed by atoms with Gasteiger partial charge in [-0.2, -0.15) is 0 Å². The maximum Gasteiger partial charge on any atom is 0.235 e. The second-order valence-electron chi connectivity index (χ2n) is 2.16. The van der Waals surface area contributed by atoms with Crippen LogP contribution in [0.25, 0.3) is 0 Å². The minimum atomic E-state index is 0.435. The number of carbonyl (C=O) groups excluding carboxylic acids is 1. The molecule has 1 aromatic rings. The second-order valence-corrected chi connectivity index (χ2v) is 2.69. The first-order valence-electron chi connectivity index (χ1n) is 3.98. The number of hydrogen-bond donors (Lipinski definition) is 0. The van der Waals surface area contributed by atoms with Crippen LogP contribution in [-0.2, 0) is 11.3 Å². The van der Waals surface area contributed by atoms with Gasteiger partial charge in [0.05, 0.1) is 6.54 Å². The molecule has 0 aromatic heterocycles. The maximum absolute atomic E-state index is 9.69. The summed E-state index contributed by atoms with van der Waals surface area (Å²) < 4.78 is 0. The van der Waals surface area contributed by atoms with Gasteiger partial charge in [-0.1, -0.05) is 37.3 Å². The molecule has 0 spiro atoms. The van der Waals surface area contributed by atoms with Crippen molar-refractivity contribution in [3.05, 3.63) is 35.9 Å². The van der Waals surface area contributed by atoms with Crippen LogP contribution in [0.1, 0.15) is 12.5 Å². The van der Waals surface area contributed by atoms with Crippen molar-refractivity contribution in [1.29, 1.82) is 0 Å². The molecule has 0 bridgehead atoms. The normalized spacial score (nSPS) is 7.85. The van der Waals surface area contributed by atoms with E-state index in [0.29, 0.717) is 6.54 Å². The number of halogens is 1. The topological polar surface area (TPSA) is 29.4 Å². The predicted molar refractivity (Wildman–Crippen MR) is 54.7 cm³/mol. The molecule has 0 heterocycles. The summed E-state index contributed by atoms with van der Waals surface area (Å²) in [5, 5.41) is 0. The van der Waals surface area contributed by atoms with E-state index >= 15 is 0 Å². The molecule has 0 aliphatic heterocycles. The van der Waals surface area contributed by atoms with E-state index < -0.39 is 0 Å². The van der Waals surface area contributed by atoms with Gasteiger partial charge in [0.2, 0.25) is 6.08 Å². The number of alkyl halides is 1. The molecule has 70 valence electrons. The van der Waals surface area contributed by atoms with E-state index in [1.807, 2.05) is 37.3 Å². The van der Waals surface area contributed by atoms with Crippen molar-refractivity contribution in [2.24, 2.45) is 4.99 Å². The van der Waals surface area contributed by atoms with Crippen molar-refractivity contribution in [1.82, 2.24) is 0 Å². The molecule has 0 amide bonds. The first-order valence-corrected chi connectivity index (χ1v) is 4.52. The molecule has 0 saturated heterocycles. The van der Waals surface area contributed by atoms with Crippen molar-refractivity contribution in [2.45, 2.75) is 13.5 Å². The highest BCUT2D eigenvalue weighted by molar-refractivity contribution is 6.17. The summed E-state index contributed by atoms with van der Waals surface area (Å²) in [6.45, 7) is 2.33. The van der Waals surface area contributed by atoms with Crippen LogP contribution in [0.4, 0.5) is 0 Å². The average molecular weight is 198 g/mol. The molecule has 0 atom stereocenters. The zero-order valence-corrected chi connectivity index (χ0v) is 8.29. The van der Waals surface area contributed by atoms with Gasteiger partial charge in [0.25, 0.3) is 0 Å². The van der Waals surface area contributed by atoms with Crippen LogP contribution in [0.3, 0.4) is 0 Å². The van der Waals surface area contributed by atoms with Crippen LogP contribution >= 0.6 is 11.6 Å². The number of benzene rings is 1. The Morgan fingerprint density at radius 1 is 1.38 bits per heavy atom. The first-order chi connectivity index (χ1) is 6.35. The lowest BCUT2D eigenvalue weighted by Crippen LogP contribution is -1.77. The van der Waals surface area contributed by atoms with E-state index in [1.165, 1.54) is 6.08 Å². The third-order valence-corrected chi connectivity index (χ3v) is 1.17. The number of isocyanates is 1. The van der Waals surface area contributed by atoms with Gasteiger partial charge in [0.15, 0.2) is 0 Å². The highest BCUT2D eigenvalue weighted by Crippen LogP contribution is 1.98. The zero-order chi connectivity index (χ0) is 9.94. The Morgan fingerprint density at radius 3 is 2.38 bits per heavy atom. The fourth-order valence-electron chi connectivity index (χ4n) is 0.707. The largest absolute Gasteiger partial charge is 0.235 e. The van der Waals surface area contributed by atoms with Crippen LogP contribution in [0.15, 0.2) is 35.3 Å². The standard InChI is InChI=1S/C8H7NO.C2H5Cl/c10-7-9-6-8-4-2-1-3-5-8;1-2-3/h1-5H,6H2;2H2,1H3. The molecule has 0 aliphatic rings. The van der Waals surface area contributed by atoms with Gasteiger partial charge < -0.3 is 0 Å². The summed E-state index contributed by atoms with van der Waals surface area (Å²) in [6.07, 6.45) is 1.49. The molecule has 1 aromatic carbocycles. The first kappa shape index (κ1) is 11.9. The molecule has 1 rings (SSSR count). The third-order valence-electron chi connectivity index (χ3n) is 1.17. The van der Waals surface area contributed by atoms with Gasteiger partial charge in [0.1, 0.15) is 0 Å². The summed E-state index contributed by atoms with van der Waals surface area (Å²) in [6, 6.07) is 9.58. The smallest absolute Gasteiger partial charge is 0.211 e. The van der Waals surface area contributed by atoms with Crippen LogP contribution in [0.5, 0.6) is 0 Å². The van der Waals surface area contributed by atoms with Crippen molar-refractivity contribution in [2.75, 3.05) is 5.88 Å². The van der Waals surface area contributed by atoms with E-state index in [0.717, 1.165) is 11.4 Å². The monoisotopic (exact) mass is 197 g/mol. The Labute approximate surface area is 83.3 Å². The van der Waals surface area contributed by atoms with Crippen LogP contribution in [0.2, 0.25) is 0 Å². The van der Waals surface area contributed by atoms with Gasteiger partial charge in [-0.3, -0.25) is 0 Å². The number of nitrogens with zero attached hydrogens (tertiary/aromatic N) is 1. The fourth-order valence-corrected chi connectivity index (χ4v) is 0.707. The molecule has 3 heteroatoms. The lowest BCUT2D eigenvalue weighted by molar-refractivity contribution is 0.563. The Morgan fingerprint density at radius 2 is 1.92 bits per heavy atom. The number of hydrogen-bond acceptors (Lipinski definition) is 2. The molecular formula is C10H12ClNO. The van der Waals surface area contributed by atoms with Gasteiger partial charge in [-0.05, 0) is 5.56 Å². The zero-order valence-electron chi connectivity index (χ0n) is 7.53. The molecule has 0 N–H and O–H groups in total. The summed E-state index contributed by atoms with van der Waals surface area (Å²) in [5.41, 5.74) is 1.03. The van der Waals surface area contributed by atoms with E-state index in [-0.39, 0.29) is 0 Å². The average Bonchev–Trinajstić information content (AvgIpc) is 2.18. The third kappa shape index (κ3) is 7.26. The van der Waals surface area contributed by atoms with Gasteiger partial charge in [-0.25, -0.2) is 9.79 Å². The Bertz CT molecular complexity index is 255. The van der Waals surface area contributed by atoms with Crippen LogP contribution in [0, 0.1) is 0 Å². The van der Waals surface area contributed by atoms with Crippen molar-refractivity contribution in [3.8, 4) is 0 Å². The minimum absolute atomic E-state index is 0.435. The maximum atomic E-state index is 9.69. The minimum Gasteiger partial charge on any atom is -0.211 e. The lowest BCUT2D eigenvalue weighted by atomic mass is 10.2. The highest BCUT2D eigenvalue weighted by Gasteiger charge is 1.84. The van der Waals surface area contributed by atoms with E-state index in [4.69, 9.17) is 11.6 Å². The number of rotatable bonds is 2. The lowest BCUT2D eigenvalue weighted by Gasteiger charge is -1.89. The van der Waals surface area contributed by atoms with Crippen molar-refractivity contribution < 1.29 is 4.79 Å². The fraction of sp³-hybridized carbons (Fsp3) is 0.300. The van der Waals surface area contributed by atoms with Gasteiger partial charge in [-0.15, -0.1) is 11.6 Å². The molecular weight excluding hydrogens is 186 g/mol. The Kier molecular flexibility index (Phi) is 8.21. The van der Waals surface area contributed by atoms with Crippen molar-refractivity contribution in [3.63, 3.8) is 0 Å². The summed E-state index contributed by atoms with van der Waals surface area (Å²) in [7, 11) is 0. The van der Waals surface area contributed by atoms with Gasteiger partial charge in [0, 0.05) is 5.88 Å². The Hall–Kier alpha value is -1.11. The van der Waals surface area contributed by atoms with E-state index in [2.05, 4.69) is 4.99 Å². The SMILES string of the molecule is CCCl.O=C=NCc1ccccc1. The quantitative estimate of drug-likeness (QED) is 0.407. The van der Waals surface area contributed by atoms with Crippen LogP contribution < -0.4 is 0 Å². The molecule has 0 fully saturated rings. The second kappa shape index (κ2) is 8.98. The molecule has 0 unspecified atom stereocenters. The molecule has 0 saturated carbocycles. The van der Waals surface area contributed by atoms with Gasteiger partial charge >= 0.3 is 0 Å². The highest BCUT2D eigenvalue weighted by atomic mass is 35.5. The predicted octanol–water partition coefficient (Wildman–Crippen LogP) is 2.77. The number of aliphatic imine (C=N–C) groups is 1. The molecule has 13 heavy (non-hydrogen) atoms. The van der Waals surface area contributed by atoms with Crippen LogP contribution in [-0.4, -0.2) is 12.0 Å². The summed E-state index contributed by atoms with van der Waals surface area (Å²) in [4.78, 5) is 13.1. The van der Waals surface area contributed by atoms with E-state index in [1.54, 1.807) is 0 Å². The van der Waals surface area contributed by atoms with Crippen molar-refractivity contribution >= 4 is 17.7 Å². The Balaban J connectivity index is 0.000000424. The molecule has 2 nitrogen and oxygen atoms in total. The molecule has 0 radical (unpaired) electrons.